The minimum absolute atomic E-state index is 0.0192. The molecule has 2 aliphatic heterocycles. The van der Waals surface area contributed by atoms with Gasteiger partial charge in [-0.2, -0.15) is 0 Å². The summed E-state index contributed by atoms with van der Waals surface area (Å²) < 4.78 is 20.4. The number of esters is 4. The Bertz CT molecular complexity index is 2590. The second kappa shape index (κ2) is 18.3. The molecule has 0 atom stereocenters. The largest absolute Gasteiger partial charge is 0.481 e. The van der Waals surface area contributed by atoms with Crippen LogP contribution in [-0.4, -0.2) is 117 Å². The number of H-pyrrole nitrogens is 2. The van der Waals surface area contributed by atoms with Crippen LogP contribution in [0.3, 0.4) is 0 Å². The second-order valence-corrected chi connectivity index (χ2v) is 13.2. The first-order valence-electron chi connectivity index (χ1n) is 18.0. The van der Waals surface area contributed by atoms with Gasteiger partial charge in [0.2, 0.25) is 0 Å². The van der Waals surface area contributed by atoms with Crippen LogP contribution in [0.5, 0.6) is 0 Å². The van der Waals surface area contributed by atoms with Crippen molar-refractivity contribution in [1.82, 2.24) is 19.9 Å². The maximum atomic E-state index is 13.6. The molecule has 3 aromatic rings. The minimum atomic E-state index is -1.24. The number of aromatic nitrogens is 4. The third kappa shape index (κ3) is 9.06. The summed E-state index contributed by atoms with van der Waals surface area (Å²) in [4.78, 5) is 117. The van der Waals surface area contributed by atoms with Crippen LogP contribution in [0.1, 0.15) is 93.1 Å². The van der Waals surface area contributed by atoms with E-state index >= 15 is 0 Å². The van der Waals surface area contributed by atoms with E-state index in [1.54, 1.807) is 0 Å². The van der Waals surface area contributed by atoms with Crippen molar-refractivity contribution in [3.63, 3.8) is 0 Å². The van der Waals surface area contributed by atoms with Gasteiger partial charge in [0.05, 0.1) is 84.5 Å². The monoisotopic (exact) mass is 830 g/mol. The molecule has 0 unspecified atom stereocenters. The number of rotatable bonds is 16. The number of carbonyl (C=O) groups excluding carboxylic acids is 4. The van der Waals surface area contributed by atoms with E-state index in [1.807, 2.05) is 0 Å². The average molecular weight is 831 g/mol. The van der Waals surface area contributed by atoms with Gasteiger partial charge in [0.15, 0.2) is 0 Å². The fourth-order valence-corrected chi connectivity index (χ4v) is 6.97. The van der Waals surface area contributed by atoms with Crippen LogP contribution >= 0.6 is 0 Å². The van der Waals surface area contributed by atoms with E-state index in [9.17, 15) is 58.8 Å². The van der Waals surface area contributed by atoms with Crippen molar-refractivity contribution in [1.29, 1.82) is 0 Å². The number of aliphatic carboxylic acids is 4. The smallest absolute Gasteiger partial charge is 0.340 e. The molecule has 5 heterocycles. The summed E-state index contributed by atoms with van der Waals surface area (Å²) in [6.45, 7) is 0. The van der Waals surface area contributed by atoms with E-state index in [0.717, 1.165) is 28.4 Å². The van der Waals surface area contributed by atoms with Crippen LogP contribution in [0.25, 0.3) is 44.4 Å². The molecule has 5 rings (SSSR count). The van der Waals surface area contributed by atoms with Crippen molar-refractivity contribution >= 4 is 92.1 Å². The Balaban J connectivity index is 2.14. The second-order valence-electron chi connectivity index (χ2n) is 13.2. The molecule has 0 saturated heterocycles. The van der Waals surface area contributed by atoms with Gasteiger partial charge in [-0.3, -0.25) is 19.2 Å². The fraction of sp³-hybridized carbons (Fsp3) is 0.300. The Kier molecular flexibility index (Phi) is 13.3. The van der Waals surface area contributed by atoms with Crippen molar-refractivity contribution in [3.05, 3.63) is 69.3 Å². The minimum Gasteiger partial charge on any atom is -0.481 e. The summed E-state index contributed by atoms with van der Waals surface area (Å²) >= 11 is 0. The number of nitrogens with zero attached hydrogens (tertiary/aromatic N) is 2. The molecule has 0 saturated carbocycles. The van der Waals surface area contributed by atoms with Crippen molar-refractivity contribution in [3.8, 4) is 0 Å². The molecule has 0 fully saturated rings. The predicted octanol–water partition coefficient (Wildman–Crippen LogP) is 3.82. The van der Waals surface area contributed by atoms with E-state index < -0.39 is 73.4 Å². The number of ether oxygens (including phenoxy) is 4. The molecular formula is C40H38N4O16. The first-order chi connectivity index (χ1) is 28.5. The highest BCUT2D eigenvalue weighted by Crippen LogP contribution is 2.39. The third-order valence-corrected chi connectivity index (χ3v) is 9.58. The lowest BCUT2D eigenvalue weighted by atomic mass is 9.97. The van der Waals surface area contributed by atoms with Crippen molar-refractivity contribution in [2.24, 2.45) is 0 Å². The zero-order valence-electron chi connectivity index (χ0n) is 32.5. The van der Waals surface area contributed by atoms with Crippen LogP contribution in [0.4, 0.5) is 0 Å². The van der Waals surface area contributed by atoms with Crippen LogP contribution < -0.4 is 0 Å². The standard InChI is InChI=1S/C40H38N4O16/c1-57-37(53)33-17(5-9-29(45)46)21-14-26-35(39(55)59-3)19(7-11-31(49)50)23(43-26)16-28-36(40(56)60-4)20(8-12-32(51)52)24(44-28)15-27-34(38(54)58-2)18(6-10-30(47)48)22(42-27)13-25(33)41-21/h13-16,41-42H,5-12H2,1-4H3,(H,45,46)(H,47,48)(H,49,50)(H,51,52). The Hall–Kier alpha value is -7.64. The number of hydrogen-bond acceptors (Lipinski definition) is 14. The molecule has 60 heavy (non-hydrogen) atoms. The first-order valence-corrected chi connectivity index (χ1v) is 18.0. The molecule has 0 radical (unpaired) electrons. The number of carboxylic acid groups (broad SMARTS) is 4. The highest BCUT2D eigenvalue weighted by atomic mass is 16.5. The predicted molar refractivity (Wildman–Crippen MR) is 207 cm³/mol. The van der Waals surface area contributed by atoms with E-state index in [2.05, 4.69) is 19.9 Å². The van der Waals surface area contributed by atoms with Crippen molar-refractivity contribution in [2.75, 3.05) is 28.4 Å². The van der Waals surface area contributed by atoms with Crippen LogP contribution in [0, 0.1) is 0 Å². The topological polar surface area (TPSA) is 312 Å². The van der Waals surface area contributed by atoms with E-state index in [1.165, 1.54) is 24.3 Å². The number of nitrogens with one attached hydrogen (secondary N) is 2. The molecule has 20 heteroatoms. The Morgan fingerprint density at radius 2 is 0.783 bits per heavy atom. The molecule has 8 bridgehead atoms. The van der Waals surface area contributed by atoms with Crippen LogP contribution in [0.15, 0.2) is 24.3 Å². The van der Waals surface area contributed by atoms with Crippen LogP contribution in [0.2, 0.25) is 0 Å². The summed E-state index contributed by atoms with van der Waals surface area (Å²) in [6.07, 6.45) is -3.16. The molecular weight excluding hydrogens is 792 g/mol. The fourth-order valence-electron chi connectivity index (χ4n) is 6.97. The van der Waals surface area contributed by atoms with Gasteiger partial charge < -0.3 is 49.3 Å². The number of carbonyl (C=O) groups is 8. The molecule has 20 nitrogen and oxygen atoms in total. The van der Waals surface area contributed by atoms with Gasteiger partial charge in [0.1, 0.15) is 0 Å². The summed E-state index contributed by atoms with van der Waals surface area (Å²) in [5.74, 6) is -8.72. The number of aryl methyl sites for hydroxylation is 2. The number of methoxy groups -OCH3 is 4. The van der Waals surface area contributed by atoms with Gasteiger partial charge >= 0.3 is 47.8 Å². The van der Waals surface area contributed by atoms with Gasteiger partial charge in [-0.15, -0.1) is 0 Å². The summed E-state index contributed by atoms with van der Waals surface area (Å²) in [5.41, 5.74) is -0.842. The Morgan fingerprint density at radius 1 is 0.450 bits per heavy atom. The zero-order valence-corrected chi connectivity index (χ0v) is 32.5. The molecule has 0 aliphatic carbocycles. The molecule has 0 spiro atoms. The number of allylic oxidation sites excluding steroid dienone is 2. The number of hydrogen-bond donors (Lipinski definition) is 6. The summed E-state index contributed by atoms with van der Waals surface area (Å²) in [5, 5.41) is 38.7. The molecule has 6 N–H and O–H groups in total. The zero-order chi connectivity index (χ0) is 44.0. The molecule has 3 aromatic heterocycles. The van der Waals surface area contributed by atoms with Gasteiger partial charge in [-0.25, -0.2) is 29.1 Å². The van der Waals surface area contributed by atoms with Crippen LogP contribution in [-0.2, 0) is 60.6 Å². The maximum Gasteiger partial charge on any atom is 0.340 e. The lowest BCUT2D eigenvalue weighted by Crippen LogP contribution is -2.07. The number of fused-ring (bicyclic) bond motifs is 8. The Labute approximate surface area is 338 Å². The van der Waals surface area contributed by atoms with E-state index in [-0.39, 0.29) is 115 Å². The van der Waals surface area contributed by atoms with Gasteiger partial charge in [-0.05, 0) is 72.2 Å². The van der Waals surface area contributed by atoms with Crippen molar-refractivity contribution in [2.45, 2.75) is 51.4 Å². The van der Waals surface area contributed by atoms with E-state index in [4.69, 9.17) is 18.9 Å². The summed E-state index contributed by atoms with van der Waals surface area (Å²) in [6, 6.07) is 5.23. The average Bonchev–Trinajstić information content (AvgIpc) is 3.93. The molecule has 0 amide bonds. The van der Waals surface area contributed by atoms with E-state index in [0.29, 0.717) is 0 Å². The maximum absolute atomic E-state index is 13.6. The highest BCUT2D eigenvalue weighted by Gasteiger charge is 2.32. The molecule has 2 aliphatic rings. The quantitative estimate of drug-likeness (QED) is 0.0882. The normalized spacial score (nSPS) is 12.2. The lowest BCUT2D eigenvalue weighted by molar-refractivity contribution is -0.138. The van der Waals surface area contributed by atoms with Gasteiger partial charge in [-0.1, -0.05) is 0 Å². The highest BCUT2D eigenvalue weighted by molar-refractivity contribution is 6.27. The number of carboxylic acids is 4. The van der Waals surface area contributed by atoms with Gasteiger partial charge in [0, 0.05) is 36.7 Å². The number of aromatic amines is 2. The lowest BCUT2D eigenvalue weighted by Gasteiger charge is -2.07. The third-order valence-electron chi connectivity index (χ3n) is 9.58. The first kappa shape index (κ1) is 43.5. The summed E-state index contributed by atoms with van der Waals surface area (Å²) in [7, 11) is 4.33. The van der Waals surface area contributed by atoms with Gasteiger partial charge in [0.25, 0.3) is 0 Å². The Morgan fingerprint density at radius 3 is 1.18 bits per heavy atom. The molecule has 314 valence electrons. The SMILES string of the molecule is COC(=O)C1=C(CCC(=O)O)c2cc3[nH]c(cc4[nH]c(cc5nc(cc1n2)C(CCC(=O)O)=C5C(=O)OC)c(CCC(=O)O)c4C(=O)OC)c(CCC(=O)O)c3C(=O)OC. The molecule has 0 aromatic carbocycles. The van der Waals surface area contributed by atoms with Crippen molar-refractivity contribution < 1.29 is 77.7 Å².